The highest BCUT2D eigenvalue weighted by molar-refractivity contribution is 9.10. The van der Waals surface area contributed by atoms with Gasteiger partial charge in [0.25, 0.3) is 5.91 Å². The van der Waals surface area contributed by atoms with Gasteiger partial charge in [-0.1, -0.05) is 25.4 Å². The summed E-state index contributed by atoms with van der Waals surface area (Å²) in [6.07, 6.45) is 2.35. The lowest BCUT2D eigenvalue weighted by Gasteiger charge is -2.26. The van der Waals surface area contributed by atoms with E-state index in [4.69, 9.17) is 11.6 Å². The Morgan fingerprint density at radius 2 is 2.05 bits per heavy atom. The number of carboxylic acids is 1. The molecule has 20 heavy (non-hydrogen) atoms. The molecule has 110 valence electrons. The lowest BCUT2D eigenvalue weighted by Crippen LogP contribution is -2.42. The summed E-state index contributed by atoms with van der Waals surface area (Å²) in [5.74, 6) is -1.35. The Morgan fingerprint density at radius 1 is 1.45 bits per heavy atom. The second-order valence-electron chi connectivity index (χ2n) is 4.47. The van der Waals surface area contributed by atoms with Crippen molar-refractivity contribution in [2.45, 2.75) is 26.7 Å². The number of aromatic nitrogens is 1. The number of hydrogen-bond acceptors (Lipinski definition) is 3. The van der Waals surface area contributed by atoms with E-state index in [1.165, 1.54) is 6.20 Å². The normalized spacial score (nSPS) is 11.2. The van der Waals surface area contributed by atoms with Gasteiger partial charge in [-0.25, -0.2) is 4.98 Å². The first-order chi connectivity index (χ1) is 9.36. The lowest BCUT2D eigenvalue weighted by atomic mass is 9.82. The zero-order valence-corrected chi connectivity index (χ0v) is 13.6. The molecular formula is C13H16BrClN2O3. The van der Waals surface area contributed by atoms with Gasteiger partial charge in [0.1, 0.15) is 5.15 Å². The van der Waals surface area contributed by atoms with E-state index in [1.54, 1.807) is 19.9 Å². The Morgan fingerprint density at radius 3 is 2.55 bits per heavy atom. The third-order valence-electron chi connectivity index (χ3n) is 3.44. The molecule has 0 saturated carbocycles. The first-order valence-electron chi connectivity index (χ1n) is 6.19. The molecule has 0 bridgehead atoms. The summed E-state index contributed by atoms with van der Waals surface area (Å²) in [6, 6.07) is 1.55. The number of carbonyl (C=O) groups is 2. The molecule has 1 heterocycles. The van der Waals surface area contributed by atoms with E-state index in [2.05, 4.69) is 26.2 Å². The summed E-state index contributed by atoms with van der Waals surface area (Å²) in [6.45, 7) is 3.63. The number of halogens is 2. The van der Waals surface area contributed by atoms with Crippen LogP contribution in [0.3, 0.4) is 0 Å². The van der Waals surface area contributed by atoms with Gasteiger partial charge in [-0.3, -0.25) is 9.59 Å². The minimum Gasteiger partial charge on any atom is -0.481 e. The SMILES string of the molecule is CCC(CC)(CNC(=O)c1cc(Br)cnc1Cl)C(=O)O. The molecule has 2 N–H and O–H groups in total. The van der Waals surface area contributed by atoms with Crippen molar-refractivity contribution in [1.29, 1.82) is 0 Å². The molecule has 1 aromatic rings. The Kier molecular flexibility index (Phi) is 5.95. The van der Waals surface area contributed by atoms with Crippen LogP contribution in [0.4, 0.5) is 0 Å². The minimum atomic E-state index is -0.957. The summed E-state index contributed by atoms with van der Waals surface area (Å²) in [4.78, 5) is 27.3. The summed E-state index contributed by atoms with van der Waals surface area (Å²) in [5.41, 5.74) is -0.741. The number of carboxylic acid groups (broad SMARTS) is 1. The van der Waals surface area contributed by atoms with Crippen LogP contribution in [0, 0.1) is 5.41 Å². The Balaban J connectivity index is 2.86. The maximum Gasteiger partial charge on any atom is 0.311 e. The predicted molar refractivity (Wildman–Crippen MR) is 79.9 cm³/mol. The molecule has 1 amide bonds. The van der Waals surface area contributed by atoms with Crippen molar-refractivity contribution in [2.24, 2.45) is 5.41 Å². The Labute approximate surface area is 130 Å². The summed E-state index contributed by atoms with van der Waals surface area (Å²) < 4.78 is 0.627. The van der Waals surface area contributed by atoms with Gasteiger partial charge in [0, 0.05) is 17.2 Å². The maximum absolute atomic E-state index is 12.1. The molecule has 0 aliphatic rings. The number of carbonyl (C=O) groups excluding carboxylic acids is 1. The molecule has 0 aromatic carbocycles. The molecule has 7 heteroatoms. The fraction of sp³-hybridized carbons (Fsp3) is 0.462. The van der Waals surface area contributed by atoms with E-state index < -0.39 is 17.3 Å². The zero-order valence-electron chi connectivity index (χ0n) is 11.2. The van der Waals surface area contributed by atoms with Crippen LogP contribution in [0.1, 0.15) is 37.0 Å². The minimum absolute atomic E-state index is 0.0526. The van der Waals surface area contributed by atoms with Crippen LogP contribution < -0.4 is 5.32 Å². The molecule has 0 spiro atoms. The molecule has 0 aliphatic heterocycles. The monoisotopic (exact) mass is 362 g/mol. The van der Waals surface area contributed by atoms with E-state index in [0.29, 0.717) is 17.3 Å². The van der Waals surface area contributed by atoms with Crippen LogP contribution in [0.5, 0.6) is 0 Å². The Bertz CT molecular complexity index is 518. The zero-order chi connectivity index (χ0) is 15.3. The lowest BCUT2D eigenvalue weighted by molar-refractivity contribution is -0.149. The van der Waals surface area contributed by atoms with E-state index in [9.17, 15) is 14.7 Å². The maximum atomic E-state index is 12.1. The molecule has 0 aliphatic carbocycles. The van der Waals surface area contributed by atoms with Crippen LogP contribution in [0.2, 0.25) is 5.15 Å². The highest BCUT2D eigenvalue weighted by atomic mass is 79.9. The summed E-state index contributed by atoms with van der Waals surface area (Å²) in [5, 5.41) is 12.0. The molecule has 0 atom stereocenters. The molecule has 0 radical (unpaired) electrons. The van der Waals surface area contributed by atoms with Crippen LogP contribution in [-0.4, -0.2) is 28.5 Å². The van der Waals surface area contributed by atoms with Gasteiger partial charge >= 0.3 is 5.97 Å². The van der Waals surface area contributed by atoms with Crippen LogP contribution >= 0.6 is 27.5 Å². The number of amides is 1. The van der Waals surface area contributed by atoms with Crippen molar-refractivity contribution in [3.05, 3.63) is 27.5 Å². The molecule has 5 nitrogen and oxygen atoms in total. The molecule has 0 saturated heterocycles. The van der Waals surface area contributed by atoms with Crippen molar-refractivity contribution in [2.75, 3.05) is 6.54 Å². The quantitative estimate of drug-likeness (QED) is 0.761. The van der Waals surface area contributed by atoms with Gasteiger partial charge in [-0.2, -0.15) is 0 Å². The molecule has 1 aromatic heterocycles. The molecule has 0 fully saturated rings. The first kappa shape index (κ1) is 16.9. The second kappa shape index (κ2) is 7.04. The number of rotatable bonds is 6. The van der Waals surface area contributed by atoms with Gasteiger partial charge in [-0.15, -0.1) is 0 Å². The van der Waals surface area contributed by atoms with Crippen LogP contribution in [0.15, 0.2) is 16.7 Å². The highest BCUT2D eigenvalue weighted by Crippen LogP contribution is 2.26. The highest BCUT2D eigenvalue weighted by Gasteiger charge is 2.35. The number of pyridine rings is 1. The third kappa shape index (κ3) is 3.70. The third-order valence-corrected chi connectivity index (χ3v) is 4.18. The van der Waals surface area contributed by atoms with Crippen molar-refractivity contribution in [1.82, 2.24) is 10.3 Å². The topological polar surface area (TPSA) is 79.3 Å². The molecular weight excluding hydrogens is 348 g/mol. The van der Waals surface area contributed by atoms with E-state index in [-0.39, 0.29) is 17.3 Å². The van der Waals surface area contributed by atoms with Crippen molar-refractivity contribution < 1.29 is 14.7 Å². The molecule has 0 unspecified atom stereocenters. The first-order valence-corrected chi connectivity index (χ1v) is 7.36. The van der Waals surface area contributed by atoms with Crippen molar-refractivity contribution in [3.8, 4) is 0 Å². The van der Waals surface area contributed by atoms with E-state index in [0.717, 1.165) is 0 Å². The largest absolute Gasteiger partial charge is 0.481 e. The van der Waals surface area contributed by atoms with Crippen molar-refractivity contribution >= 4 is 39.4 Å². The second-order valence-corrected chi connectivity index (χ2v) is 5.74. The van der Waals surface area contributed by atoms with E-state index in [1.807, 2.05) is 0 Å². The van der Waals surface area contributed by atoms with E-state index >= 15 is 0 Å². The summed E-state index contributed by atoms with van der Waals surface area (Å²) in [7, 11) is 0. The van der Waals surface area contributed by atoms with Crippen LogP contribution in [-0.2, 0) is 4.79 Å². The van der Waals surface area contributed by atoms with Gasteiger partial charge < -0.3 is 10.4 Å². The van der Waals surface area contributed by atoms with Gasteiger partial charge in [-0.05, 0) is 34.8 Å². The average Bonchev–Trinajstić information content (AvgIpc) is 2.42. The molecule has 1 rings (SSSR count). The Hall–Kier alpha value is -1.14. The fourth-order valence-corrected chi connectivity index (χ4v) is 2.33. The fourth-order valence-electron chi connectivity index (χ4n) is 1.80. The number of hydrogen-bond donors (Lipinski definition) is 2. The standard InChI is InChI=1S/C13H16BrClN2O3/c1-3-13(4-2,12(19)20)7-17-11(18)9-5-8(14)6-16-10(9)15/h5-6H,3-4,7H2,1-2H3,(H,17,18)(H,19,20). The summed E-state index contributed by atoms with van der Waals surface area (Å²) >= 11 is 9.07. The van der Waals surface area contributed by atoms with Gasteiger partial charge in [0.2, 0.25) is 0 Å². The van der Waals surface area contributed by atoms with Gasteiger partial charge in [0.15, 0.2) is 0 Å². The average molecular weight is 364 g/mol. The predicted octanol–water partition coefficient (Wildman–Crippen LogP) is 3.12. The number of nitrogens with one attached hydrogen (secondary N) is 1. The smallest absolute Gasteiger partial charge is 0.311 e. The number of nitrogens with zero attached hydrogens (tertiary/aromatic N) is 1. The van der Waals surface area contributed by atoms with Crippen molar-refractivity contribution in [3.63, 3.8) is 0 Å². The van der Waals surface area contributed by atoms with Crippen LogP contribution in [0.25, 0.3) is 0 Å². The number of aliphatic carboxylic acids is 1. The van der Waals surface area contributed by atoms with Gasteiger partial charge in [0.05, 0.1) is 11.0 Å².